The summed E-state index contributed by atoms with van der Waals surface area (Å²) in [5.41, 5.74) is 0. The summed E-state index contributed by atoms with van der Waals surface area (Å²) in [6.07, 6.45) is -7.53. The molecule has 0 rings (SSSR count). The third-order valence-corrected chi connectivity index (χ3v) is 3.62. The minimum atomic E-state index is -6.79. The molecule has 1 atom stereocenters. The molecule has 0 aliphatic heterocycles. The summed E-state index contributed by atoms with van der Waals surface area (Å²) in [7, 11) is 0. The van der Waals surface area contributed by atoms with E-state index < -0.39 is 34.3 Å². The lowest BCUT2D eigenvalue weighted by Gasteiger charge is -2.34. The zero-order valence-corrected chi connectivity index (χ0v) is 12.3. The molecule has 0 aliphatic carbocycles. The first kappa shape index (κ1) is 20.1. The Bertz CT molecular complexity index is 310. The number of hydrogen-bond acceptors (Lipinski definition) is 0. The lowest BCUT2D eigenvalue weighted by molar-refractivity contribution is -0.396. The Labute approximate surface area is 123 Å². The Morgan fingerprint density at radius 2 is 1.30 bits per heavy atom. The zero-order chi connectivity index (χ0) is 16.4. The highest BCUT2D eigenvalue weighted by Gasteiger charge is 2.81. The summed E-state index contributed by atoms with van der Waals surface area (Å²) in [6, 6.07) is 0. The molecule has 0 bridgehead atoms. The van der Waals surface area contributed by atoms with E-state index in [1.165, 1.54) is 22.6 Å². The SMILES string of the molecule is CCCCC(I)CC(F)(F)C(F)(F)C(F)(F)C(F)(F)F. The van der Waals surface area contributed by atoms with Crippen molar-refractivity contribution in [2.75, 3.05) is 0 Å². The molecule has 0 N–H and O–H groups in total. The largest absolute Gasteiger partial charge is 0.460 e. The summed E-state index contributed by atoms with van der Waals surface area (Å²) >= 11 is 1.34. The third-order valence-electron chi connectivity index (χ3n) is 2.56. The van der Waals surface area contributed by atoms with Crippen LogP contribution in [0.1, 0.15) is 32.6 Å². The first-order valence-corrected chi connectivity index (χ1v) is 6.79. The van der Waals surface area contributed by atoms with Crippen molar-refractivity contribution in [1.29, 1.82) is 0 Å². The van der Waals surface area contributed by atoms with Crippen molar-refractivity contribution in [2.24, 2.45) is 0 Å². The van der Waals surface area contributed by atoms with Crippen LogP contribution in [0.5, 0.6) is 0 Å². The van der Waals surface area contributed by atoms with Crippen LogP contribution in [0, 0.1) is 0 Å². The highest BCUT2D eigenvalue weighted by atomic mass is 127. The van der Waals surface area contributed by atoms with Crippen LogP contribution in [0.15, 0.2) is 0 Å². The van der Waals surface area contributed by atoms with Crippen molar-refractivity contribution in [3.05, 3.63) is 0 Å². The second kappa shape index (κ2) is 6.47. The van der Waals surface area contributed by atoms with Crippen LogP contribution in [0.25, 0.3) is 0 Å². The molecule has 0 saturated carbocycles. The quantitative estimate of drug-likeness (QED) is 0.271. The summed E-state index contributed by atoms with van der Waals surface area (Å²) < 4.78 is 112. The highest BCUT2D eigenvalue weighted by Crippen LogP contribution is 2.54. The monoisotopic (exact) mass is 430 g/mol. The normalized spacial score (nSPS) is 16.4. The van der Waals surface area contributed by atoms with Crippen LogP contribution in [0.3, 0.4) is 0 Å². The van der Waals surface area contributed by atoms with Gasteiger partial charge in [-0.1, -0.05) is 42.4 Å². The topological polar surface area (TPSA) is 0 Å². The molecule has 0 fully saturated rings. The fourth-order valence-corrected chi connectivity index (χ4v) is 2.34. The van der Waals surface area contributed by atoms with E-state index in [-0.39, 0.29) is 6.42 Å². The zero-order valence-electron chi connectivity index (χ0n) is 10.2. The molecule has 0 aromatic carbocycles. The fraction of sp³-hybridized carbons (Fsp3) is 1.00. The standard InChI is InChI=1S/C10H12F9I/c1-2-3-4-6(20)5-7(11,12)8(13,14)9(15,16)10(17,18)19/h6H,2-5H2,1H3. The predicted molar refractivity (Wildman–Crippen MR) is 62.8 cm³/mol. The number of hydrogen-bond donors (Lipinski definition) is 0. The maximum atomic E-state index is 13.2. The van der Waals surface area contributed by atoms with E-state index in [0.29, 0.717) is 12.8 Å². The van der Waals surface area contributed by atoms with Gasteiger partial charge in [0.2, 0.25) is 0 Å². The van der Waals surface area contributed by atoms with Crippen molar-refractivity contribution < 1.29 is 39.5 Å². The van der Waals surface area contributed by atoms with Gasteiger partial charge in [0.05, 0.1) is 0 Å². The maximum absolute atomic E-state index is 13.2. The van der Waals surface area contributed by atoms with Gasteiger partial charge in [0.15, 0.2) is 0 Å². The molecule has 0 aromatic rings. The van der Waals surface area contributed by atoms with Crippen molar-refractivity contribution in [3.8, 4) is 0 Å². The van der Waals surface area contributed by atoms with E-state index in [1.54, 1.807) is 6.92 Å². The van der Waals surface area contributed by atoms with Crippen molar-refractivity contribution in [2.45, 2.75) is 60.5 Å². The molecule has 122 valence electrons. The molecule has 0 aromatic heterocycles. The molecule has 0 radical (unpaired) electrons. The molecule has 0 saturated heterocycles. The maximum Gasteiger partial charge on any atom is 0.460 e. The number of halogens is 10. The fourth-order valence-electron chi connectivity index (χ4n) is 1.34. The molecule has 0 spiro atoms. The van der Waals surface area contributed by atoms with Crippen LogP contribution >= 0.6 is 22.6 Å². The average molecular weight is 430 g/mol. The molecular formula is C10H12F9I. The van der Waals surface area contributed by atoms with Crippen LogP contribution in [0.4, 0.5) is 39.5 Å². The van der Waals surface area contributed by atoms with Gasteiger partial charge in [-0.15, -0.1) is 0 Å². The lowest BCUT2D eigenvalue weighted by Crippen LogP contribution is -2.61. The Morgan fingerprint density at radius 3 is 1.65 bits per heavy atom. The first-order chi connectivity index (χ1) is 8.70. The Hall–Kier alpha value is 0.1000. The molecular weight excluding hydrogens is 418 g/mol. The second-order valence-corrected chi connectivity index (χ2v) is 6.06. The third kappa shape index (κ3) is 4.06. The van der Waals surface area contributed by atoms with Crippen molar-refractivity contribution >= 4 is 22.6 Å². The molecule has 0 aliphatic rings. The van der Waals surface area contributed by atoms with Gasteiger partial charge in [-0.25, -0.2) is 0 Å². The summed E-state index contributed by atoms with van der Waals surface area (Å²) in [5.74, 6) is -18.7. The average Bonchev–Trinajstić information content (AvgIpc) is 2.23. The lowest BCUT2D eigenvalue weighted by atomic mass is 9.98. The molecule has 20 heavy (non-hydrogen) atoms. The predicted octanol–water partition coefficient (Wildman–Crippen LogP) is 5.84. The van der Waals surface area contributed by atoms with Crippen LogP contribution in [-0.4, -0.2) is 27.9 Å². The minimum Gasteiger partial charge on any atom is -0.200 e. The van der Waals surface area contributed by atoms with Gasteiger partial charge in [0.25, 0.3) is 0 Å². The van der Waals surface area contributed by atoms with Crippen LogP contribution in [0.2, 0.25) is 0 Å². The molecule has 1 unspecified atom stereocenters. The molecule has 0 nitrogen and oxygen atoms in total. The molecule has 0 amide bonds. The van der Waals surface area contributed by atoms with Gasteiger partial charge in [-0.05, 0) is 6.42 Å². The van der Waals surface area contributed by atoms with Gasteiger partial charge in [-0.3, -0.25) is 0 Å². The van der Waals surface area contributed by atoms with Crippen LogP contribution < -0.4 is 0 Å². The number of unbranched alkanes of at least 4 members (excludes halogenated alkanes) is 1. The van der Waals surface area contributed by atoms with E-state index >= 15 is 0 Å². The first-order valence-electron chi connectivity index (χ1n) is 5.55. The van der Waals surface area contributed by atoms with Gasteiger partial charge >= 0.3 is 23.9 Å². The van der Waals surface area contributed by atoms with Crippen molar-refractivity contribution in [3.63, 3.8) is 0 Å². The van der Waals surface area contributed by atoms with E-state index in [1.807, 2.05) is 0 Å². The summed E-state index contributed by atoms with van der Waals surface area (Å²) in [4.78, 5) is 0. The Balaban J connectivity index is 5.16. The highest BCUT2D eigenvalue weighted by molar-refractivity contribution is 14.1. The second-order valence-electron chi connectivity index (χ2n) is 4.29. The molecule has 10 heteroatoms. The van der Waals surface area contributed by atoms with E-state index in [4.69, 9.17) is 0 Å². The smallest absolute Gasteiger partial charge is 0.200 e. The summed E-state index contributed by atoms with van der Waals surface area (Å²) in [6.45, 7) is 1.69. The van der Waals surface area contributed by atoms with Gasteiger partial charge < -0.3 is 0 Å². The minimum absolute atomic E-state index is 0.0281. The van der Waals surface area contributed by atoms with Crippen LogP contribution in [-0.2, 0) is 0 Å². The molecule has 0 heterocycles. The van der Waals surface area contributed by atoms with Gasteiger partial charge in [-0.2, -0.15) is 39.5 Å². The van der Waals surface area contributed by atoms with Crippen molar-refractivity contribution in [1.82, 2.24) is 0 Å². The number of rotatable bonds is 7. The van der Waals surface area contributed by atoms with Gasteiger partial charge in [0.1, 0.15) is 0 Å². The Morgan fingerprint density at radius 1 is 0.850 bits per heavy atom. The number of alkyl halides is 10. The Kier molecular flexibility index (Phi) is 6.50. The van der Waals surface area contributed by atoms with E-state index in [0.717, 1.165) is 0 Å². The van der Waals surface area contributed by atoms with Gasteiger partial charge in [0, 0.05) is 10.3 Å². The van der Waals surface area contributed by atoms with E-state index in [2.05, 4.69) is 0 Å². The summed E-state index contributed by atoms with van der Waals surface area (Å²) in [5, 5.41) is 0. The van der Waals surface area contributed by atoms with E-state index in [9.17, 15) is 39.5 Å².